The van der Waals surface area contributed by atoms with Crippen LogP contribution in [0.2, 0.25) is 0 Å². The van der Waals surface area contributed by atoms with E-state index >= 15 is 0 Å². The van der Waals surface area contributed by atoms with Crippen molar-refractivity contribution in [2.45, 2.75) is 13.5 Å². The Hall–Kier alpha value is -2.30. The van der Waals surface area contributed by atoms with Crippen molar-refractivity contribution >= 4 is 16.7 Å². The maximum absolute atomic E-state index is 11.8. The van der Waals surface area contributed by atoms with Gasteiger partial charge in [-0.15, -0.1) is 0 Å². The van der Waals surface area contributed by atoms with Crippen LogP contribution in [0.15, 0.2) is 35.1 Å². The van der Waals surface area contributed by atoms with Crippen LogP contribution in [0.4, 0.5) is 0 Å². The highest BCUT2D eigenvalue weighted by atomic mass is 16.5. The summed E-state index contributed by atoms with van der Waals surface area (Å²) in [6.45, 7) is 1.49. The number of pyridine rings is 1. The van der Waals surface area contributed by atoms with Crippen LogP contribution in [0.3, 0.4) is 0 Å². The van der Waals surface area contributed by atoms with Gasteiger partial charge in [0, 0.05) is 18.4 Å². The highest BCUT2D eigenvalue weighted by Gasteiger charge is 2.08. The number of nitrogens with zero attached hydrogens (tertiary/aromatic N) is 1. The van der Waals surface area contributed by atoms with Gasteiger partial charge < -0.3 is 9.84 Å². The average molecular weight is 247 g/mol. The molecule has 5 heteroatoms. The van der Waals surface area contributed by atoms with Crippen molar-refractivity contribution in [2.75, 3.05) is 6.61 Å². The van der Waals surface area contributed by atoms with Crippen LogP contribution in [0, 0.1) is 0 Å². The number of rotatable bonds is 3. The van der Waals surface area contributed by atoms with E-state index in [0.717, 1.165) is 0 Å². The SMILES string of the molecule is CC(=O)OCCn1c(O)c2ccccc2cc1=O. The molecule has 5 nitrogen and oxygen atoms in total. The summed E-state index contributed by atoms with van der Waals surface area (Å²) in [6, 6.07) is 8.51. The topological polar surface area (TPSA) is 68.5 Å². The molecule has 2 aromatic rings. The molecular formula is C13H13NO4. The Morgan fingerprint density at radius 2 is 2.11 bits per heavy atom. The summed E-state index contributed by atoms with van der Waals surface area (Å²) in [5.41, 5.74) is -0.321. The van der Waals surface area contributed by atoms with Crippen molar-refractivity contribution in [1.82, 2.24) is 4.57 Å². The van der Waals surface area contributed by atoms with E-state index in [0.29, 0.717) is 10.8 Å². The van der Waals surface area contributed by atoms with Gasteiger partial charge in [-0.1, -0.05) is 18.2 Å². The van der Waals surface area contributed by atoms with E-state index in [1.54, 1.807) is 24.3 Å². The summed E-state index contributed by atoms with van der Waals surface area (Å²) in [5, 5.41) is 11.3. The molecular weight excluding hydrogens is 234 g/mol. The number of carbonyl (C=O) groups is 1. The number of carbonyl (C=O) groups excluding carboxylic acids is 1. The van der Waals surface area contributed by atoms with E-state index in [2.05, 4.69) is 0 Å². The predicted molar refractivity (Wildman–Crippen MR) is 66.5 cm³/mol. The second-order valence-electron chi connectivity index (χ2n) is 3.89. The third-order valence-electron chi connectivity index (χ3n) is 2.62. The number of hydrogen-bond acceptors (Lipinski definition) is 4. The molecule has 94 valence electrons. The van der Waals surface area contributed by atoms with Gasteiger partial charge in [0.25, 0.3) is 5.56 Å². The molecule has 0 saturated carbocycles. The minimum atomic E-state index is -0.414. The van der Waals surface area contributed by atoms with E-state index in [1.807, 2.05) is 0 Å². The Kier molecular flexibility index (Phi) is 3.32. The molecule has 0 spiro atoms. The fourth-order valence-corrected chi connectivity index (χ4v) is 1.78. The number of fused-ring (bicyclic) bond motifs is 1. The Morgan fingerprint density at radius 1 is 1.39 bits per heavy atom. The van der Waals surface area contributed by atoms with Gasteiger partial charge in [0.1, 0.15) is 6.61 Å². The first-order valence-electron chi connectivity index (χ1n) is 5.54. The summed E-state index contributed by atoms with van der Waals surface area (Å²) in [4.78, 5) is 22.4. The molecule has 0 saturated heterocycles. The third kappa shape index (κ3) is 2.34. The lowest BCUT2D eigenvalue weighted by molar-refractivity contribution is -0.141. The second-order valence-corrected chi connectivity index (χ2v) is 3.89. The summed E-state index contributed by atoms with van der Waals surface area (Å²) in [5.74, 6) is -0.520. The van der Waals surface area contributed by atoms with Gasteiger partial charge >= 0.3 is 5.97 Å². The fraction of sp³-hybridized carbons (Fsp3) is 0.231. The number of esters is 1. The summed E-state index contributed by atoms with van der Waals surface area (Å²) < 4.78 is 5.94. The van der Waals surface area contributed by atoms with Crippen LogP contribution in [0.25, 0.3) is 10.8 Å². The summed E-state index contributed by atoms with van der Waals surface area (Å²) in [7, 11) is 0. The highest BCUT2D eigenvalue weighted by Crippen LogP contribution is 2.21. The van der Waals surface area contributed by atoms with Gasteiger partial charge in [-0.25, -0.2) is 0 Å². The molecule has 0 aliphatic rings. The minimum Gasteiger partial charge on any atom is -0.494 e. The largest absolute Gasteiger partial charge is 0.494 e. The molecule has 1 N–H and O–H groups in total. The second kappa shape index (κ2) is 4.91. The zero-order valence-corrected chi connectivity index (χ0v) is 9.92. The van der Waals surface area contributed by atoms with Crippen LogP contribution in [0.1, 0.15) is 6.92 Å². The lowest BCUT2D eigenvalue weighted by Crippen LogP contribution is -2.22. The molecule has 18 heavy (non-hydrogen) atoms. The van der Waals surface area contributed by atoms with E-state index in [9.17, 15) is 14.7 Å². The highest BCUT2D eigenvalue weighted by molar-refractivity contribution is 5.86. The zero-order valence-electron chi connectivity index (χ0n) is 9.92. The molecule has 0 fully saturated rings. The molecule has 0 amide bonds. The Bertz CT molecular complexity index is 645. The molecule has 0 bridgehead atoms. The van der Waals surface area contributed by atoms with Crippen molar-refractivity contribution in [3.63, 3.8) is 0 Å². The van der Waals surface area contributed by atoms with Gasteiger partial charge in [-0.3, -0.25) is 14.2 Å². The maximum atomic E-state index is 11.8. The van der Waals surface area contributed by atoms with E-state index in [4.69, 9.17) is 4.74 Å². The van der Waals surface area contributed by atoms with Crippen LogP contribution in [-0.4, -0.2) is 22.2 Å². The molecule has 0 radical (unpaired) electrons. The quantitative estimate of drug-likeness (QED) is 0.829. The van der Waals surface area contributed by atoms with Crippen molar-refractivity contribution in [1.29, 1.82) is 0 Å². The van der Waals surface area contributed by atoms with Crippen LogP contribution < -0.4 is 5.56 Å². The van der Waals surface area contributed by atoms with Crippen LogP contribution in [0.5, 0.6) is 5.88 Å². The Labute approximate surface area is 103 Å². The fourth-order valence-electron chi connectivity index (χ4n) is 1.78. The lowest BCUT2D eigenvalue weighted by Gasteiger charge is -2.10. The predicted octanol–water partition coefficient (Wildman–Crippen LogP) is 1.27. The maximum Gasteiger partial charge on any atom is 0.302 e. The smallest absolute Gasteiger partial charge is 0.302 e. The van der Waals surface area contributed by atoms with E-state index in [1.165, 1.54) is 17.6 Å². The van der Waals surface area contributed by atoms with Gasteiger partial charge in [0.2, 0.25) is 5.88 Å². The minimum absolute atomic E-state index is 0.0567. The van der Waals surface area contributed by atoms with Crippen molar-refractivity contribution in [3.8, 4) is 5.88 Å². The van der Waals surface area contributed by atoms with Gasteiger partial charge in [-0.2, -0.15) is 0 Å². The van der Waals surface area contributed by atoms with Gasteiger partial charge in [0.15, 0.2) is 0 Å². The molecule has 0 unspecified atom stereocenters. The zero-order chi connectivity index (χ0) is 13.1. The normalized spacial score (nSPS) is 10.5. The first-order valence-corrected chi connectivity index (χ1v) is 5.54. The first kappa shape index (κ1) is 12.2. The molecule has 0 aliphatic carbocycles. The van der Waals surface area contributed by atoms with Crippen molar-refractivity contribution < 1.29 is 14.6 Å². The average Bonchev–Trinajstić information content (AvgIpc) is 2.33. The monoisotopic (exact) mass is 247 g/mol. The van der Waals surface area contributed by atoms with Crippen molar-refractivity contribution in [3.05, 3.63) is 40.7 Å². The number of ether oxygens (including phenoxy) is 1. The summed E-state index contributed by atoms with van der Waals surface area (Å²) >= 11 is 0. The summed E-state index contributed by atoms with van der Waals surface area (Å²) in [6.07, 6.45) is 0. The Morgan fingerprint density at radius 3 is 2.83 bits per heavy atom. The van der Waals surface area contributed by atoms with Crippen molar-refractivity contribution in [2.24, 2.45) is 0 Å². The molecule has 1 heterocycles. The molecule has 0 aliphatic heterocycles. The standard InChI is InChI=1S/C13H13NO4/c1-9(15)18-7-6-14-12(16)8-10-4-2-3-5-11(10)13(14)17/h2-5,8,17H,6-7H2,1H3. The molecule has 2 rings (SSSR count). The number of benzene rings is 1. The van der Waals surface area contributed by atoms with E-state index < -0.39 is 5.97 Å². The van der Waals surface area contributed by atoms with Gasteiger partial charge in [-0.05, 0) is 11.5 Å². The van der Waals surface area contributed by atoms with Crippen LogP contribution in [-0.2, 0) is 16.1 Å². The number of hydrogen-bond donors (Lipinski definition) is 1. The molecule has 1 aromatic heterocycles. The van der Waals surface area contributed by atoms with Gasteiger partial charge in [0.05, 0.1) is 6.54 Å². The number of aromatic hydroxyl groups is 1. The van der Waals surface area contributed by atoms with E-state index in [-0.39, 0.29) is 24.6 Å². The Balaban J connectivity index is 2.38. The molecule has 0 atom stereocenters. The lowest BCUT2D eigenvalue weighted by atomic mass is 10.1. The molecule has 1 aromatic carbocycles. The first-order chi connectivity index (χ1) is 8.59. The number of aromatic nitrogens is 1. The third-order valence-corrected chi connectivity index (χ3v) is 2.62. The van der Waals surface area contributed by atoms with Crippen LogP contribution >= 0.6 is 0 Å².